The van der Waals surface area contributed by atoms with Crippen LogP contribution in [0.5, 0.6) is 0 Å². The molecule has 0 heterocycles. The van der Waals surface area contributed by atoms with Gasteiger partial charge in [-0.05, 0) is 36.8 Å². The van der Waals surface area contributed by atoms with E-state index < -0.39 is 0 Å². The maximum atomic E-state index is 5.37. The first-order valence-corrected chi connectivity index (χ1v) is 6.73. The van der Waals surface area contributed by atoms with Gasteiger partial charge in [0.25, 0.3) is 0 Å². The molecule has 0 aromatic heterocycles. The van der Waals surface area contributed by atoms with Crippen molar-refractivity contribution < 1.29 is 4.74 Å². The first-order valence-electron chi connectivity index (χ1n) is 6.73. The Bertz CT molecular complexity index is 351. The van der Waals surface area contributed by atoms with Gasteiger partial charge in [0, 0.05) is 19.2 Å². The minimum absolute atomic E-state index is 0.517. The quantitative estimate of drug-likeness (QED) is 0.788. The number of fused-ring (bicyclic) bond motifs is 1. The second-order valence-electron chi connectivity index (χ2n) is 4.81. The highest BCUT2D eigenvalue weighted by molar-refractivity contribution is 5.34. The Labute approximate surface area is 104 Å². The maximum Gasteiger partial charge on any atom is 0.0590 e. The summed E-state index contributed by atoms with van der Waals surface area (Å²) < 4.78 is 5.37. The lowest BCUT2D eigenvalue weighted by Gasteiger charge is -2.30. The second kappa shape index (κ2) is 6.18. The predicted molar refractivity (Wildman–Crippen MR) is 71.3 cm³/mol. The fraction of sp³-hybridized carbons (Fsp3) is 0.600. The molecule has 1 aliphatic carbocycles. The molecule has 0 spiro atoms. The van der Waals surface area contributed by atoms with E-state index in [1.165, 1.54) is 24.0 Å². The summed E-state index contributed by atoms with van der Waals surface area (Å²) in [6.45, 7) is 6.93. The van der Waals surface area contributed by atoms with Crippen LogP contribution < -0.4 is 5.32 Å². The van der Waals surface area contributed by atoms with Gasteiger partial charge in [-0.3, -0.25) is 0 Å². The molecule has 1 aliphatic rings. The summed E-state index contributed by atoms with van der Waals surface area (Å²) >= 11 is 0. The van der Waals surface area contributed by atoms with Crippen LogP contribution in [-0.4, -0.2) is 19.8 Å². The summed E-state index contributed by atoms with van der Waals surface area (Å²) in [6, 6.07) is 9.36. The Hall–Kier alpha value is -0.860. The van der Waals surface area contributed by atoms with Gasteiger partial charge in [0.1, 0.15) is 0 Å². The van der Waals surface area contributed by atoms with Gasteiger partial charge in [0.2, 0.25) is 0 Å². The number of benzene rings is 1. The smallest absolute Gasteiger partial charge is 0.0590 e. The Morgan fingerprint density at radius 2 is 2.00 bits per heavy atom. The topological polar surface area (TPSA) is 21.3 Å². The Kier molecular flexibility index (Phi) is 4.57. The van der Waals surface area contributed by atoms with Gasteiger partial charge in [-0.2, -0.15) is 0 Å². The normalized spacial score (nSPS) is 23.4. The molecule has 2 unspecified atom stereocenters. The summed E-state index contributed by atoms with van der Waals surface area (Å²) in [7, 11) is 0. The van der Waals surface area contributed by atoms with Crippen LogP contribution >= 0.6 is 0 Å². The highest BCUT2D eigenvalue weighted by Gasteiger charge is 2.23. The molecular weight excluding hydrogens is 210 g/mol. The van der Waals surface area contributed by atoms with E-state index in [-0.39, 0.29) is 0 Å². The molecule has 2 rings (SSSR count). The Balaban J connectivity index is 1.98. The van der Waals surface area contributed by atoms with E-state index in [1.54, 1.807) is 0 Å². The molecule has 0 fully saturated rings. The lowest BCUT2D eigenvalue weighted by Crippen LogP contribution is -2.29. The predicted octanol–water partition coefficient (Wildman–Crippen LogP) is 3.25. The van der Waals surface area contributed by atoms with Gasteiger partial charge >= 0.3 is 0 Å². The molecular formula is C15H23NO. The van der Waals surface area contributed by atoms with Crippen LogP contribution in [0.15, 0.2) is 24.3 Å². The monoisotopic (exact) mass is 233 g/mol. The van der Waals surface area contributed by atoms with E-state index >= 15 is 0 Å². The Morgan fingerprint density at radius 1 is 1.24 bits per heavy atom. The van der Waals surface area contributed by atoms with Crippen molar-refractivity contribution in [3.05, 3.63) is 35.4 Å². The van der Waals surface area contributed by atoms with Crippen molar-refractivity contribution >= 4 is 0 Å². The summed E-state index contributed by atoms with van der Waals surface area (Å²) in [5.41, 5.74) is 3.01. The minimum Gasteiger partial charge on any atom is -0.380 e. The molecule has 0 saturated carbocycles. The van der Waals surface area contributed by atoms with Crippen LogP contribution in [0.25, 0.3) is 0 Å². The summed E-state index contributed by atoms with van der Waals surface area (Å²) in [5, 5.41) is 3.61. The molecule has 17 heavy (non-hydrogen) atoms. The van der Waals surface area contributed by atoms with Gasteiger partial charge in [-0.25, -0.2) is 0 Å². The average Bonchev–Trinajstić information content (AvgIpc) is 2.37. The van der Waals surface area contributed by atoms with Gasteiger partial charge in [0.05, 0.1) is 6.61 Å². The molecule has 2 heteroatoms. The molecule has 0 bridgehead atoms. The van der Waals surface area contributed by atoms with Crippen LogP contribution in [0, 0.1) is 0 Å². The van der Waals surface area contributed by atoms with E-state index in [0.29, 0.717) is 12.0 Å². The zero-order chi connectivity index (χ0) is 12.1. The van der Waals surface area contributed by atoms with Crippen LogP contribution in [0.4, 0.5) is 0 Å². The van der Waals surface area contributed by atoms with Crippen molar-refractivity contribution in [3.8, 4) is 0 Å². The first kappa shape index (κ1) is 12.6. The third-order valence-corrected chi connectivity index (χ3v) is 3.63. The van der Waals surface area contributed by atoms with Gasteiger partial charge in [0.15, 0.2) is 0 Å². The highest BCUT2D eigenvalue weighted by atomic mass is 16.5. The van der Waals surface area contributed by atoms with Gasteiger partial charge < -0.3 is 10.1 Å². The average molecular weight is 233 g/mol. The number of rotatable bonds is 5. The fourth-order valence-corrected chi connectivity index (χ4v) is 2.67. The lowest BCUT2D eigenvalue weighted by molar-refractivity contribution is 0.146. The summed E-state index contributed by atoms with van der Waals surface area (Å²) in [6.07, 6.45) is 2.52. The summed E-state index contributed by atoms with van der Waals surface area (Å²) in [4.78, 5) is 0. The minimum atomic E-state index is 0.517. The molecule has 94 valence electrons. The standard InChI is InChI=1S/C15H23NO/c1-3-17-11-10-16-15-9-8-12(2)13-6-4-5-7-14(13)15/h4-7,12,15-16H,3,8-11H2,1-2H3. The fourth-order valence-electron chi connectivity index (χ4n) is 2.67. The number of hydrogen-bond donors (Lipinski definition) is 1. The number of hydrogen-bond acceptors (Lipinski definition) is 2. The van der Waals surface area contributed by atoms with Crippen LogP contribution in [0.2, 0.25) is 0 Å². The highest BCUT2D eigenvalue weighted by Crippen LogP contribution is 2.36. The molecule has 2 nitrogen and oxygen atoms in total. The van der Waals surface area contributed by atoms with Crippen molar-refractivity contribution in [1.29, 1.82) is 0 Å². The van der Waals surface area contributed by atoms with Crippen LogP contribution in [-0.2, 0) is 4.74 Å². The molecule has 0 radical (unpaired) electrons. The van der Waals surface area contributed by atoms with Gasteiger partial charge in [-0.1, -0.05) is 31.2 Å². The molecule has 2 atom stereocenters. The van der Waals surface area contributed by atoms with E-state index in [2.05, 4.69) is 36.5 Å². The third kappa shape index (κ3) is 3.08. The van der Waals surface area contributed by atoms with Gasteiger partial charge in [-0.15, -0.1) is 0 Å². The van der Waals surface area contributed by atoms with Crippen LogP contribution in [0.3, 0.4) is 0 Å². The van der Waals surface area contributed by atoms with Crippen LogP contribution in [0.1, 0.15) is 49.8 Å². The zero-order valence-electron chi connectivity index (χ0n) is 10.9. The number of ether oxygens (including phenoxy) is 1. The molecule has 0 aliphatic heterocycles. The van der Waals surface area contributed by atoms with Crippen molar-refractivity contribution in [2.45, 2.75) is 38.6 Å². The SMILES string of the molecule is CCOCCNC1CCC(C)c2ccccc21. The number of nitrogens with one attached hydrogen (secondary N) is 1. The summed E-state index contributed by atoms with van der Waals surface area (Å²) in [5.74, 6) is 0.705. The largest absolute Gasteiger partial charge is 0.380 e. The van der Waals surface area contributed by atoms with E-state index in [9.17, 15) is 0 Å². The van der Waals surface area contributed by atoms with E-state index in [1.807, 2.05) is 6.92 Å². The second-order valence-corrected chi connectivity index (χ2v) is 4.81. The Morgan fingerprint density at radius 3 is 2.76 bits per heavy atom. The van der Waals surface area contributed by atoms with E-state index in [0.717, 1.165) is 19.8 Å². The van der Waals surface area contributed by atoms with E-state index in [4.69, 9.17) is 4.74 Å². The molecule has 1 aromatic rings. The molecule has 0 amide bonds. The van der Waals surface area contributed by atoms with Crippen molar-refractivity contribution in [1.82, 2.24) is 5.32 Å². The third-order valence-electron chi connectivity index (χ3n) is 3.63. The molecule has 0 saturated heterocycles. The van der Waals surface area contributed by atoms with Crippen molar-refractivity contribution in [3.63, 3.8) is 0 Å². The molecule has 1 N–H and O–H groups in total. The zero-order valence-corrected chi connectivity index (χ0v) is 10.9. The van der Waals surface area contributed by atoms with Crippen molar-refractivity contribution in [2.24, 2.45) is 0 Å². The van der Waals surface area contributed by atoms with Crippen molar-refractivity contribution in [2.75, 3.05) is 19.8 Å². The maximum absolute atomic E-state index is 5.37. The lowest BCUT2D eigenvalue weighted by atomic mass is 9.81. The molecule has 1 aromatic carbocycles. The first-order chi connectivity index (χ1) is 8.33.